The maximum absolute atomic E-state index is 13.1. The van der Waals surface area contributed by atoms with Crippen molar-refractivity contribution >= 4 is 18.0 Å². The molecule has 5 fully saturated rings. The molecule has 39 heavy (non-hydrogen) atoms. The monoisotopic (exact) mass is 537 g/mol. The Bertz CT molecular complexity index is 1090. The van der Waals surface area contributed by atoms with Gasteiger partial charge in [0.15, 0.2) is 5.78 Å². The van der Waals surface area contributed by atoms with Crippen LogP contribution in [0.25, 0.3) is 0 Å². The smallest absolute Gasteiger partial charge is 0.309 e. The molecule has 6 aliphatic carbocycles. The van der Waals surface area contributed by atoms with Crippen molar-refractivity contribution in [2.75, 3.05) is 0 Å². The minimum Gasteiger partial charge on any atom is -0.462 e. The van der Waals surface area contributed by atoms with Crippen LogP contribution in [0.3, 0.4) is 0 Å². The minimum absolute atomic E-state index is 0.00505. The fraction of sp³-hybridized carbons (Fsp3) is 0.853. The average molecular weight is 538 g/mol. The number of fused-ring (bicyclic) bond motifs is 7. The van der Waals surface area contributed by atoms with E-state index in [1.807, 2.05) is 6.92 Å². The lowest BCUT2D eigenvalue weighted by molar-refractivity contribution is -0.195. The molecule has 0 aromatic carbocycles. The number of hydrogen-bond acceptors (Lipinski definition) is 5. The van der Waals surface area contributed by atoms with E-state index in [4.69, 9.17) is 10.5 Å². The van der Waals surface area contributed by atoms with Gasteiger partial charge in [0, 0.05) is 17.9 Å². The summed E-state index contributed by atoms with van der Waals surface area (Å²) in [5.41, 5.74) is 9.58. The predicted octanol–water partition coefficient (Wildman–Crippen LogP) is 6.28. The Morgan fingerprint density at radius 3 is 2.31 bits per heavy atom. The van der Waals surface area contributed by atoms with E-state index in [0.29, 0.717) is 48.2 Å². The molecule has 6 aliphatic rings. The first kappa shape index (κ1) is 27.7. The van der Waals surface area contributed by atoms with Crippen LogP contribution in [0.5, 0.6) is 0 Å². The third-order valence-electron chi connectivity index (χ3n) is 13.8. The molecule has 2 N–H and O–H groups in total. The van der Waals surface area contributed by atoms with E-state index < -0.39 is 5.54 Å². The van der Waals surface area contributed by atoms with Gasteiger partial charge >= 0.3 is 5.97 Å². The Morgan fingerprint density at radius 1 is 0.974 bits per heavy atom. The zero-order chi connectivity index (χ0) is 28.1. The highest BCUT2D eigenvalue weighted by Crippen LogP contribution is 2.70. The van der Waals surface area contributed by atoms with Gasteiger partial charge in [-0.15, -0.1) is 0 Å². The molecule has 0 heterocycles. The summed E-state index contributed by atoms with van der Waals surface area (Å²) in [6.07, 6.45) is 11.1. The van der Waals surface area contributed by atoms with Crippen molar-refractivity contribution in [2.24, 2.45) is 69.8 Å². The van der Waals surface area contributed by atoms with Crippen LogP contribution in [-0.2, 0) is 19.1 Å². The van der Waals surface area contributed by atoms with Crippen molar-refractivity contribution in [3.05, 3.63) is 11.1 Å². The Morgan fingerprint density at radius 2 is 1.64 bits per heavy atom. The van der Waals surface area contributed by atoms with Crippen molar-refractivity contribution in [1.82, 2.24) is 0 Å². The van der Waals surface area contributed by atoms with Crippen molar-refractivity contribution in [2.45, 2.75) is 117 Å². The number of carbonyl (C=O) groups excluding carboxylic acids is 3. The van der Waals surface area contributed by atoms with Gasteiger partial charge in [0.25, 0.3) is 0 Å². The van der Waals surface area contributed by atoms with E-state index in [1.165, 1.54) is 24.8 Å². The predicted molar refractivity (Wildman–Crippen MR) is 151 cm³/mol. The van der Waals surface area contributed by atoms with Gasteiger partial charge in [0.2, 0.25) is 0 Å². The number of nitrogens with two attached hydrogens (primary N) is 1. The van der Waals surface area contributed by atoms with Gasteiger partial charge in [0.05, 0.1) is 5.92 Å². The summed E-state index contributed by atoms with van der Waals surface area (Å²) in [6, 6.07) is 0. The summed E-state index contributed by atoms with van der Waals surface area (Å²) >= 11 is 0. The maximum Gasteiger partial charge on any atom is 0.309 e. The second-order valence-electron chi connectivity index (χ2n) is 15.7. The fourth-order valence-electron chi connectivity index (χ4n) is 11.6. The molecule has 12 unspecified atom stereocenters. The van der Waals surface area contributed by atoms with Crippen LogP contribution in [0.1, 0.15) is 106 Å². The lowest BCUT2D eigenvalue weighted by Crippen LogP contribution is -2.62. The van der Waals surface area contributed by atoms with Crippen LogP contribution < -0.4 is 5.73 Å². The van der Waals surface area contributed by atoms with Crippen LogP contribution in [0.4, 0.5) is 0 Å². The molecule has 5 nitrogen and oxygen atoms in total. The first-order chi connectivity index (χ1) is 18.4. The molecule has 5 saturated carbocycles. The second kappa shape index (κ2) is 9.26. The summed E-state index contributed by atoms with van der Waals surface area (Å²) in [7, 11) is 0. The third kappa shape index (κ3) is 3.83. The molecule has 0 amide bonds. The summed E-state index contributed by atoms with van der Waals surface area (Å²) in [5.74, 6) is 3.15. The molecule has 5 heteroatoms. The highest BCUT2D eigenvalue weighted by molar-refractivity contribution is 6.01. The van der Waals surface area contributed by atoms with Crippen LogP contribution in [0.2, 0.25) is 0 Å². The Balaban J connectivity index is 1.22. The van der Waals surface area contributed by atoms with Crippen molar-refractivity contribution < 1.29 is 19.1 Å². The molecule has 12 atom stereocenters. The molecular weight excluding hydrogens is 486 g/mol. The highest BCUT2D eigenvalue weighted by atomic mass is 16.5. The summed E-state index contributed by atoms with van der Waals surface area (Å²) in [6.45, 7) is 13.8. The number of aldehydes is 1. The second-order valence-corrected chi connectivity index (χ2v) is 15.7. The maximum atomic E-state index is 13.1. The van der Waals surface area contributed by atoms with Crippen LogP contribution >= 0.6 is 0 Å². The molecule has 0 aromatic rings. The molecule has 0 radical (unpaired) electrons. The summed E-state index contributed by atoms with van der Waals surface area (Å²) in [5, 5.41) is 0. The molecule has 0 bridgehead atoms. The largest absolute Gasteiger partial charge is 0.462 e. The van der Waals surface area contributed by atoms with Gasteiger partial charge < -0.3 is 15.3 Å². The van der Waals surface area contributed by atoms with E-state index >= 15 is 0 Å². The van der Waals surface area contributed by atoms with E-state index in [1.54, 1.807) is 0 Å². The quantitative estimate of drug-likeness (QED) is 0.337. The minimum atomic E-state index is -0.401. The molecule has 216 valence electrons. The van der Waals surface area contributed by atoms with Gasteiger partial charge in [-0.2, -0.15) is 0 Å². The van der Waals surface area contributed by atoms with Crippen molar-refractivity contribution in [3.8, 4) is 0 Å². The van der Waals surface area contributed by atoms with Gasteiger partial charge in [0.1, 0.15) is 12.4 Å². The molecule has 0 spiro atoms. The lowest BCUT2D eigenvalue weighted by atomic mass is 9.38. The lowest BCUT2D eigenvalue weighted by Gasteiger charge is -2.67. The first-order valence-electron chi connectivity index (χ1n) is 16.1. The summed E-state index contributed by atoms with van der Waals surface area (Å²) < 4.78 is 6.21. The van der Waals surface area contributed by atoms with E-state index in [0.717, 1.165) is 44.0 Å². The van der Waals surface area contributed by atoms with Crippen LogP contribution in [-0.4, -0.2) is 29.7 Å². The number of ketones is 1. The molecule has 0 aromatic heterocycles. The number of carbonyl (C=O) groups is 3. The number of allylic oxidation sites excluding steroid dienone is 1. The number of Topliss-reactive ketones (excluding diaryl/α,β-unsaturated/α-hetero) is 1. The topological polar surface area (TPSA) is 86.5 Å². The van der Waals surface area contributed by atoms with E-state index in [-0.39, 0.29) is 46.6 Å². The van der Waals surface area contributed by atoms with Crippen molar-refractivity contribution in [3.63, 3.8) is 0 Å². The van der Waals surface area contributed by atoms with Crippen LogP contribution in [0.15, 0.2) is 11.1 Å². The number of esters is 1. The number of hydrogen-bond donors (Lipinski definition) is 1. The molecule has 0 saturated heterocycles. The fourth-order valence-corrected chi connectivity index (χ4v) is 11.6. The zero-order valence-electron chi connectivity index (χ0n) is 25.1. The Hall–Kier alpha value is -1.49. The standard InChI is InChI=1S/C34H51NO4/c1-18(2)29-26(37)16-34(35)14-10-25-22(30(29)34)7-8-28-32(5)13-11-27(20(4)24(32)9-12-33(25,28)6)39-31(38)23-15-21(17-36)19(23)3/h17-25,27-28H,7-16,35H2,1-6H3. The van der Waals surface area contributed by atoms with Gasteiger partial charge in [-0.25, -0.2) is 0 Å². The Labute approximate surface area is 235 Å². The molecule has 6 rings (SSSR count). The van der Waals surface area contributed by atoms with Crippen molar-refractivity contribution in [1.29, 1.82) is 0 Å². The number of rotatable bonds is 4. The van der Waals surface area contributed by atoms with Crippen LogP contribution in [0, 0.1) is 64.1 Å². The van der Waals surface area contributed by atoms with E-state index in [2.05, 4.69) is 34.6 Å². The molecule has 0 aliphatic heterocycles. The third-order valence-corrected chi connectivity index (χ3v) is 13.8. The highest BCUT2D eigenvalue weighted by Gasteiger charge is 2.64. The van der Waals surface area contributed by atoms with Gasteiger partial charge in [-0.3, -0.25) is 9.59 Å². The Kier molecular flexibility index (Phi) is 6.57. The normalized spacial score (nSPS) is 50.9. The SMILES string of the molecule is CC(C)C1=C2C3CCC4C(C)(CCC5C(C)C(OC(=O)C6CC(C=O)C6C)CCC54C)C3CCC2(N)CC1=O. The van der Waals surface area contributed by atoms with Gasteiger partial charge in [-0.1, -0.05) is 41.5 Å². The van der Waals surface area contributed by atoms with E-state index in [9.17, 15) is 14.4 Å². The molecular formula is C34H51NO4. The first-order valence-corrected chi connectivity index (χ1v) is 16.1. The zero-order valence-corrected chi connectivity index (χ0v) is 25.1. The summed E-state index contributed by atoms with van der Waals surface area (Å²) in [4.78, 5) is 37.3. The average Bonchev–Trinajstić information content (AvgIpc) is 3.15. The number of ether oxygens (including phenoxy) is 1. The van der Waals surface area contributed by atoms with Gasteiger partial charge in [-0.05, 0) is 121 Å².